The van der Waals surface area contributed by atoms with E-state index in [1.807, 2.05) is 55.5 Å². The fraction of sp³-hybridized carbons (Fsp3) is 0.0455. The Hall–Kier alpha value is -3.15. The van der Waals surface area contributed by atoms with Crippen LogP contribution in [0.15, 0.2) is 88.0 Å². The van der Waals surface area contributed by atoms with E-state index in [1.165, 1.54) is 0 Å². The highest BCUT2D eigenvalue weighted by Crippen LogP contribution is 2.16. The molecular formula is C22H19Cl2N5. The molecule has 0 spiro atoms. The summed E-state index contributed by atoms with van der Waals surface area (Å²) in [4.78, 5) is 4.57. The number of rotatable bonds is 5. The molecule has 0 unspecified atom stereocenters. The van der Waals surface area contributed by atoms with Gasteiger partial charge in [0.25, 0.3) is 0 Å². The van der Waals surface area contributed by atoms with Crippen LogP contribution < -0.4 is 10.9 Å². The van der Waals surface area contributed by atoms with Crippen LogP contribution in [0.2, 0.25) is 10.0 Å². The number of benzene rings is 3. The van der Waals surface area contributed by atoms with Gasteiger partial charge in [0.1, 0.15) is 0 Å². The van der Waals surface area contributed by atoms with Crippen LogP contribution in [0.1, 0.15) is 16.7 Å². The molecular weight excluding hydrogens is 405 g/mol. The van der Waals surface area contributed by atoms with Crippen molar-refractivity contribution >= 4 is 47.3 Å². The van der Waals surface area contributed by atoms with Crippen molar-refractivity contribution in [3.63, 3.8) is 0 Å². The summed E-state index contributed by atoms with van der Waals surface area (Å²) in [5.41, 5.74) is 9.45. The molecule has 0 amide bonds. The molecule has 0 fully saturated rings. The van der Waals surface area contributed by atoms with E-state index in [4.69, 9.17) is 23.2 Å². The number of guanidine groups is 1. The predicted molar refractivity (Wildman–Crippen MR) is 123 cm³/mol. The number of hydrogen-bond acceptors (Lipinski definition) is 3. The molecule has 0 aromatic heterocycles. The maximum atomic E-state index is 5.91. The summed E-state index contributed by atoms with van der Waals surface area (Å²) in [7, 11) is 0. The third kappa shape index (κ3) is 6.75. The fourth-order valence-corrected chi connectivity index (χ4v) is 2.57. The summed E-state index contributed by atoms with van der Waals surface area (Å²) in [6, 6.07) is 22.5. The number of aliphatic imine (C=N–C) groups is 1. The second kappa shape index (κ2) is 10.4. The first-order valence-electron chi connectivity index (χ1n) is 8.84. The van der Waals surface area contributed by atoms with E-state index in [2.05, 4.69) is 26.0 Å². The molecule has 0 heterocycles. The predicted octanol–water partition coefficient (Wildman–Crippen LogP) is 5.54. The summed E-state index contributed by atoms with van der Waals surface area (Å²) in [5.74, 6) is 0.384. The van der Waals surface area contributed by atoms with E-state index in [9.17, 15) is 0 Å². The van der Waals surface area contributed by atoms with Crippen LogP contribution in [-0.2, 0) is 0 Å². The maximum absolute atomic E-state index is 5.91. The Morgan fingerprint density at radius 2 is 1.21 bits per heavy atom. The lowest BCUT2D eigenvalue weighted by Gasteiger charge is -2.06. The molecule has 3 aromatic carbocycles. The SMILES string of the molecule is Cc1ccccc1N=C(NN=Cc1ccc(Cl)cc1)NN=Cc1ccc(Cl)cc1. The molecule has 3 aromatic rings. The van der Waals surface area contributed by atoms with Crippen molar-refractivity contribution < 1.29 is 0 Å². The van der Waals surface area contributed by atoms with Gasteiger partial charge in [0, 0.05) is 10.0 Å². The van der Waals surface area contributed by atoms with Gasteiger partial charge in [-0.05, 0) is 53.9 Å². The van der Waals surface area contributed by atoms with Gasteiger partial charge in [0.2, 0.25) is 5.96 Å². The molecule has 0 radical (unpaired) electrons. The normalized spacial score (nSPS) is 11.0. The van der Waals surface area contributed by atoms with Gasteiger partial charge in [0.05, 0.1) is 18.1 Å². The summed E-state index contributed by atoms with van der Waals surface area (Å²) < 4.78 is 0. The number of para-hydroxylation sites is 1. The van der Waals surface area contributed by atoms with Gasteiger partial charge in [-0.3, -0.25) is 0 Å². The molecule has 2 N–H and O–H groups in total. The van der Waals surface area contributed by atoms with Gasteiger partial charge in [-0.15, -0.1) is 0 Å². The smallest absolute Gasteiger partial charge is 0.238 e. The molecule has 0 aliphatic carbocycles. The van der Waals surface area contributed by atoms with Gasteiger partial charge in [0.15, 0.2) is 0 Å². The minimum atomic E-state index is 0.384. The number of halogens is 2. The van der Waals surface area contributed by atoms with Crippen LogP contribution in [0.4, 0.5) is 5.69 Å². The highest BCUT2D eigenvalue weighted by molar-refractivity contribution is 6.30. The lowest BCUT2D eigenvalue weighted by Crippen LogP contribution is -2.30. The Morgan fingerprint density at radius 1 is 0.724 bits per heavy atom. The lowest BCUT2D eigenvalue weighted by molar-refractivity contribution is 0.905. The topological polar surface area (TPSA) is 61.1 Å². The van der Waals surface area contributed by atoms with Crippen molar-refractivity contribution in [3.8, 4) is 0 Å². The molecule has 0 aliphatic rings. The quantitative estimate of drug-likeness (QED) is 0.321. The molecule has 7 heteroatoms. The van der Waals surface area contributed by atoms with Crippen molar-refractivity contribution in [2.75, 3.05) is 0 Å². The van der Waals surface area contributed by atoms with Gasteiger partial charge < -0.3 is 0 Å². The minimum Gasteiger partial charge on any atom is -0.246 e. The minimum absolute atomic E-state index is 0.384. The molecule has 29 heavy (non-hydrogen) atoms. The number of nitrogens with zero attached hydrogens (tertiary/aromatic N) is 3. The molecule has 0 saturated heterocycles. The van der Waals surface area contributed by atoms with E-state index in [-0.39, 0.29) is 0 Å². The van der Waals surface area contributed by atoms with E-state index >= 15 is 0 Å². The molecule has 146 valence electrons. The second-order valence-electron chi connectivity index (χ2n) is 6.09. The van der Waals surface area contributed by atoms with Crippen molar-refractivity contribution in [3.05, 3.63) is 99.5 Å². The highest BCUT2D eigenvalue weighted by atomic mass is 35.5. The molecule has 3 rings (SSSR count). The number of hydrazone groups is 2. The van der Waals surface area contributed by atoms with Crippen LogP contribution in [0.5, 0.6) is 0 Å². The van der Waals surface area contributed by atoms with Gasteiger partial charge in [-0.1, -0.05) is 65.7 Å². The van der Waals surface area contributed by atoms with E-state index < -0.39 is 0 Å². The Balaban J connectivity index is 1.74. The first-order valence-corrected chi connectivity index (χ1v) is 9.59. The molecule has 0 bridgehead atoms. The summed E-state index contributed by atoms with van der Waals surface area (Å²) in [6.07, 6.45) is 3.35. The average Bonchev–Trinajstić information content (AvgIpc) is 2.72. The first-order chi connectivity index (χ1) is 14.1. The largest absolute Gasteiger partial charge is 0.246 e. The Bertz CT molecular complexity index is 966. The van der Waals surface area contributed by atoms with Crippen LogP contribution in [-0.4, -0.2) is 18.4 Å². The second-order valence-corrected chi connectivity index (χ2v) is 6.96. The monoisotopic (exact) mass is 423 g/mol. The van der Waals surface area contributed by atoms with Crippen molar-refractivity contribution in [1.29, 1.82) is 0 Å². The Morgan fingerprint density at radius 3 is 1.69 bits per heavy atom. The molecule has 0 saturated carbocycles. The van der Waals surface area contributed by atoms with Gasteiger partial charge in [-0.2, -0.15) is 10.2 Å². The van der Waals surface area contributed by atoms with E-state index in [0.29, 0.717) is 16.0 Å². The number of hydrogen-bond donors (Lipinski definition) is 2. The summed E-state index contributed by atoms with van der Waals surface area (Å²) in [6.45, 7) is 1.99. The Labute approximate surface area is 179 Å². The zero-order valence-corrected chi connectivity index (χ0v) is 17.2. The lowest BCUT2D eigenvalue weighted by atomic mass is 10.2. The van der Waals surface area contributed by atoms with Crippen LogP contribution >= 0.6 is 23.2 Å². The molecule has 5 nitrogen and oxygen atoms in total. The highest BCUT2D eigenvalue weighted by Gasteiger charge is 2.00. The zero-order valence-electron chi connectivity index (χ0n) is 15.7. The third-order valence-corrected chi connectivity index (χ3v) is 4.36. The number of aryl methyl sites for hydroxylation is 1. The number of nitrogens with one attached hydrogen (secondary N) is 2. The standard InChI is InChI=1S/C22H19Cl2N5/c1-16-4-2-3-5-21(16)27-22(28-25-14-17-6-10-19(23)11-7-17)29-26-15-18-8-12-20(24)13-9-18/h2-15H,1H3,(H2,27,28,29). The summed E-state index contributed by atoms with van der Waals surface area (Å²) >= 11 is 11.8. The van der Waals surface area contributed by atoms with Crippen LogP contribution in [0, 0.1) is 6.92 Å². The van der Waals surface area contributed by atoms with Crippen molar-refractivity contribution in [1.82, 2.24) is 10.9 Å². The van der Waals surface area contributed by atoms with E-state index in [0.717, 1.165) is 22.4 Å². The maximum Gasteiger partial charge on any atom is 0.238 e. The van der Waals surface area contributed by atoms with Crippen molar-refractivity contribution in [2.45, 2.75) is 6.92 Å². The van der Waals surface area contributed by atoms with Gasteiger partial charge >= 0.3 is 0 Å². The molecule has 0 atom stereocenters. The zero-order chi connectivity index (χ0) is 20.5. The van der Waals surface area contributed by atoms with Gasteiger partial charge in [-0.25, -0.2) is 15.8 Å². The fourth-order valence-electron chi connectivity index (χ4n) is 2.32. The van der Waals surface area contributed by atoms with Crippen LogP contribution in [0.25, 0.3) is 0 Å². The first kappa shape index (κ1) is 20.6. The third-order valence-electron chi connectivity index (χ3n) is 3.86. The molecule has 0 aliphatic heterocycles. The average molecular weight is 424 g/mol. The van der Waals surface area contributed by atoms with Crippen molar-refractivity contribution in [2.24, 2.45) is 15.2 Å². The Kier molecular flexibility index (Phi) is 7.39. The van der Waals surface area contributed by atoms with E-state index in [1.54, 1.807) is 36.7 Å². The van der Waals surface area contributed by atoms with Crippen LogP contribution in [0.3, 0.4) is 0 Å². The summed E-state index contributed by atoms with van der Waals surface area (Å²) in [5, 5.41) is 9.82.